The molecule has 1 aromatic heterocycles. The molecule has 0 unspecified atom stereocenters. The first-order chi connectivity index (χ1) is 19.8. The molecule has 1 heterocycles. The molecule has 0 saturated heterocycles. The van der Waals surface area contributed by atoms with Crippen LogP contribution < -0.4 is 15.4 Å². The summed E-state index contributed by atoms with van der Waals surface area (Å²) in [5, 5.41) is 9.44. The molecule has 0 aliphatic carbocycles. The van der Waals surface area contributed by atoms with Crippen LogP contribution in [0.1, 0.15) is 29.3 Å². The first-order valence-electron chi connectivity index (χ1n) is 13.1. The lowest BCUT2D eigenvalue weighted by molar-refractivity contribution is -0.142. The van der Waals surface area contributed by atoms with E-state index in [0.717, 1.165) is 16.6 Å². The number of hydrogen-bond acceptors (Lipinski definition) is 9. The molecule has 10 nitrogen and oxygen atoms in total. The van der Waals surface area contributed by atoms with Crippen molar-refractivity contribution in [2.45, 2.75) is 20.3 Å². The molecule has 10 heteroatoms. The van der Waals surface area contributed by atoms with E-state index in [9.17, 15) is 19.2 Å². The van der Waals surface area contributed by atoms with Crippen LogP contribution in [0.3, 0.4) is 0 Å². The van der Waals surface area contributed by atoms with Crippen LogP contribution in [0.15, 0.2) is 92.2 Å². The van der Waals surface area contributed by atoms with E-state index in [1.165, 1.54) is 11.0 Å². The minimum absolute atomic E-state index is 0.0772. The van der Waals surface area contributed by atoms with Crippen molar-refractivity contribution in [1.29, 1.82) is 0 Å². The molecule has 0 aliphatic rings. The van der Waals surface area contributed by atoms with Crippen LogP contribution >= 0.6 is 0 Å². The zero-order chi connectivity index (χ0) is 29.4. The smallest absolute Gasteiger partial charge is 0.336 e. The van der Waals surface area contributed by atoms with Gasteiger partial charge in [0, 0.05) is 48.9 Å². The van der Waals surface area contributed by atoms with Crippen molar-refractivity contribution >= 4 is 51.9 Å². The number of carbonyl (C=O) groups is 3. The first-order valence-corrected chi connectivity index (χ1v) is 13.1. The molecule has 0 aliphatic heterocycles. The zero-order valence-electron chi connectivity index (χ0n) is 23.1. The van der Waals surface area contributed by atoms with E-state index in [-0.39, 0.29) is 18.8 Å². The fraction of sp³-hybridized carbons (Fsp3) is 0.226. The number of anilines is 2. The molecule has 4 aromatic rings. The van der Waals surface area contributed by atoms with Gasteiger partial charge in [0.15, 0.2) is 12.4 Å². The van der Waals surface area contributed by atoms with E-state index in [2.05, 4.69) is 10.2 Å². The Morgan fingerprint density at radius 1 is 1.00 bits per heavy atom. The van der Waals surface area contributed by atoms with Crippen molar-refractivity contribution in [1.82, 2.24) is 0 Å². The van der Waals surface area contributed by atoms with E-state index in [0.29, 0.717) is 47.7 Å². The van der Waals surface area contributed by atoms with Crippen LogP contribution in [0.25, 0.3) is 11.0 Å². The van der Waals surface area contributed by atoms with Crippen molar-refractivity contribution in [3.05, 3.63) is 94.3 Å². The summed E-state index contributed by atoms with van der Waals surface area (Å²) in [6.07, 6.45) is 0.747. The Balaban J connectivity index is 1.46. The monoisotopic (exact) mass is 554 g/mol. The number of esters is 1. The molecule has 0 saturated carbocycles. The molecule has 3 aromatic carbocycles. The minimum atomic E-state index is -0.482. The molecule has 0 spiro atoms. The van der Waals surface area contributed by atoms with Crippen molar-refractivity contribution < 1.29 is 23.5 Å². The standard InChI is InChI=1S/C31H30N4O6/c1-4-35(15-14-30(38)40-19-28(37)22-8-6-5-7-9-22)24-11-13-26(27(18-24)34(3)20-36)33-32-23-10-12-25-21(2)16-31(39)41-29(25)17-23/h5-13,16-18,20H,4,14-15,19H2,1-3H3. The number of ketones is 1. The Bertz CT molecular complexity index is 1650. The summed E-state index contributed by atoms with van der Waals surface area (Å²) < 4.78 is 10.5. The second kappa shape index (κ2) is 13.3. The molecule has 210 valence electrons. The van der Waals surface area contributed by atoms with Gasteiger partial charge in [0.2, 0.25) is 6.41 Å². The summed E-state index contributed by atoms with van der Waals surface area (Å²) in [6, 6.07) is 20.7. The summed E-state index contributed by atoms with van der Waals surface area (Å²) in [7, 11) is 1.61. The summed E-state index contributed by atoms with van der Waals surface area (Å²) in [4.78, 5) is 51.3. The van der Waals surface area contributed by atoms with E-state index >= 15 is 0 Å². The number of rotatable bonds is 12. The highest BCUT2D eigenvalue weighted by Crippen LogP contribution is 2.34. The molecule has 0 bridgehead atoms. The minimum Gasteiger partial charge on any atom is -0.457 e. The van der Waals surface area contributed by atoms with Crippen LogP contribution in [0.2, 0.25) is 0 Å². The number of hydrogen-bond donors (Lipinski definition) is 0. The Kier molecular flexibility index (Phi) is 9.36. The molecule has 0 radical (unpaired) electrons. The molecule has 0 atom stereocenters. The van der Waals surface area contributed by atoms with Gasteiger partial charge in [0.05, 0.1) is 17.8 Å². The maximum atomic E-state index is 12.3. The quantitative estimate of drug-likeness (QED) is 0.0718. The first kappa shape index (κ1) is 28.9. The largest absolute Gasteiger partial charge is 0.457 e. The van der Waals surface area contributed by atoms with Gasteiger partial charge in [-0.25, -0.2) is 4.79 Å². The highest BCUT2D eigenvalue weighted by Gasteiger charge is 2.15. The molecule has 1 amide bonds. The summed E-state index contributed by atoms with van der Waals surface area (Å²) in [5.74, 6) is -0.745. The lowest BCUT2D eigenvalue weighted by Gasteiger charge is -2.24. The third-order valence-electron chi connectivity index (χ3n) is 6.50. The molecule has 0 fully saturated rings. The zero-order valence-corrected chi connectivity index (χ0v) is 23.1. The van der Waals surface area contributed by atoms with Crippen molar-refractivity contribution in [2.75, 3.05) is 36.5 Å². The van der Waals surface area contributed by atoms with E-state index < -0.39 is 11.6 Å². The van der Waals surface area contributed by atoms with Crippen LogP contribution in [0.5, 0.6) is 0 Å². The number of Topliss-reactive ketones (excluding diaryl/α,β-unsaturated/α-hetero) is 1. The number of azo groups is 1. The van der Waals surface area contributed by atoms with E-state index in [4.69, 9.17) is 9.15 Å². The molecular weight excluding hydrogens is 524 g/mol. The number of nitrogens with zero attached hydrogens (tertiary/aromatic N) is 4. The average Bonchev–Trinajstić information content (AvgIpc) is 2.99. The van der Waals surface area contributed by atoms with Gasteiger partial charge in [-0.3, -0.25) is 14.4 Å². The number of fused-ring (bicyclic) bond motifs is 1. The van der Waals surface area contributed by atoms with Crippen LogP contribution in [0.4, 0.5) is 22.7 Å². The van der Waals surface area contributed by atoms with Crippen molar-refractivity contribution in [2.24, 2.45) is 10.2 Å². The number of ether oxygens (including phenoxy) is 1. The Morgan fingerprint density at radius 3 is 2.51 bits per heavy atom. The van der Waals surface area contributed by atoms with Crippen LogP contribution in [0, 0.1) is 6.92 Å². The van der Waals surface area contributed by atoms with Gasteiger partial charge in [0.1, 0.15) is 11.3 Å². The highest BCUT2D eigenvalue weighted by molar-refractivity contribution is 5.97. The third kappa shape index (κ3) is 7.30. The predicted octanol–water partition coefficient (Wildman–Crippen LogP) is 5.75. The van der Waals surface area contributed by atoms with Crippen LogP contribution in [-0.2, 0) is 14.3 Å². The maximum Gasteiger partial charge on any atom is 0.336 e. The topological polar surface area (TPSA) is 122 Å². The van der Waals surface area contributed by atoms with Gasteiger partial charge >= 0.3 is 11.6 Å². The molecule has 41 heavy (non-hydrogen) atoms. The number of amides is 1. The average molecular weight is 555 g/mol. The van der Waals surface area contributed by atoms with Crippen molar-refractivity contribution in [3.8, 4) is 0 Å². The second-order valence-corrected chi connectivity index (χ2v) is 9.30. The van der Waals surface area contributed by atoms with E-state index in [1.54, 1.807) is 55.6 Å². The number of carbonyl (C=O) groups excluding carboxylic acids is 3. The number of benzene rings is 3. The van der Waals surface area contributed by atoms with Crippen LogP contribution in [-0.4, -0.2) is 44.9 Å². The SMILES string of the molecule is CCN(CCC(=O)OCC(=O)c1ccccc1)c1ccc(N=Nc2ccc3c(C)cc(=O)oc3c2)c(N(C)C=O)c1. The van der Waals surface area contributed by atoms with Gasteiger partial charge in [0.25, 0.3) is 0 Å². The van der Waals surface area contributed by atoms with Gasteiger partial charge in [-0.1, -0.05) is 30.3 Å². The van der Waals surface area contributed by atoms with Crippen molar-refractivity contribution in [3.63, 3.8) is 0 Å². The summed E-state index contributed by atoms with van der Waals surface area (Å²) in [6.45, 7) is 4.40. The Labute approximate surface area is 236 Å². The fourth-order valence-corrected chi connectivity index (χ4v) is 4.24. The number of aryl methyl sites for hydroxylation is 1. The lowest BCUT2D eigenvalue weighted by atomic mass is 10.1. The summed E-state index contributed by atoms with van der Waals surface area (Å²) >= 11 is 0. The highest BCUT2D eigenvalue weighted by atomic mass is 16.5. The fourth-order valence-electron chi connectivity index (χ4n) is 4.24. The normalized spacial score (nSPS) is 11.0. The molecule has 0 N–H and O–H groups in total. The predicted molar refractivity (Wildman–Crippen MR) is 157 cm³/mol. The third-order valence-corrected chi connectivity index (χ3v) is 6.50. The Morgan fingerprint density at radius 2 is 1.78 bits per heavy atom. The summed E-state index contributed by atoms with van der Waals surface area (Å²) in [5.41, 5.74) is 3.47. The Hall–Kier alpha value is -5.12. The molecule has 4 rings (SSSR count). The van der Waals surface area contributed by atoms with Gasteiger partial charge in [-0.2, -0.15) is 5.11 Å². The maximum absolute atomic E-state index is 12.3. The molecular formula is C31H30N4O6. The van der Waals surface area contributed by atoms with Gasteiger partial charge in [-0.15, -0.1) is 5.11 Å². The van der Waals surface area contributed by atoms with E-state index in [1.807, 2.05) is 36.9 Å². The van der Waals surface area contributed by atoms with Gasteiger partial charge in [-0.05, 0) is 49.7 Å². The second-order valence-electron chi connectivity index (χ2n) is 9.30. The van der Waals surface area contributed by atoms with Gasteiger partial charge < -0.3 is 19.0 Å². The lowest BCUT2D eigenvalue weighted by Crippen LogP contribution is -2.27.